The monoisotopic (exact) mass is 509 g/mol. The van der Waals surface area contributed by atoms with Crippen molar-refractivity contribution in [1.82, 2.24) is 9.80 Å². The lowest BCUT2D eigenvalue weighted by Crippen LogP contribution is -2.51. The Morgan fingerprint density at radius 3 is 2.58 bits per heavy atom. The highest BCUT2D eigenvalue weighted by molar-refractivity contribution is 9.09. The highest BCUT2D eigenvalue weighted by Crippen LogP contribution is 2.40. The predicted octanol–water partition coefficient (Wildman–Crippen LogP) is 6.01. The number of benzene rings is 1. The molecule has 1 amide bonds. The molecule has 1 heterocycles. The van der Waals surface area contributed by atoms with E-state index in [-0.39, 0.29) is 12.1 Å². The van der Waals surface area contributed by atoms with Gasteiger partial charge in [0.2, 0.25) is 0 Å². The third kappa shape index (κ3) is 6.11. The lowest BCUT2D eigenvalue weighted by molar-refractivity contribution is 0.0117. The van der Waals surface area contributed by atoms with Crippen molar-refractivity contribution in [1.29, 1.82) is 0 Å². The molecule has 0 bridgehead atoms. The van der Waals surface area contributed by atoms with Crippen LogP contribution in [0.1, 0.15) is 57.7 Å². The molecule has 1 unspecified atom stereocenters. The Morgan fingerprint density at radius 1 is 1.26 bits per heavy atom. The SMILES string of the molecule is CCC1=C(N=CCBr)C(N2CCN(C(=O)OC(C)(C)C)CC2)c2ccc(Cl)cc2CC1. The molecule has 1 aliphatic carbocycles. The number of nitrogens with zero attached hydrogens (tertiary/aromatic N) is 3. The van der Waals surface area contributed by atoms with Gasteiger partial charge in [0.15, 0.2) is 0 Å². The molecular weight excluding hydrogens is 478 g/mol. The fourth-order valence-electron chi connectivity index (χ4n) is 4.32. The average Bonchev–Trinajstić information content (AvgIpc) is 2.87. The number of carbonyl (C=O) groups is 1. The van der Waals surface area contributed by atoms with E-state index in [1.165, 1.54) is 16.7 Å². The second-order valence-corrected chi connectivity index (χ2v) is 10.1. The summed E-state index contributed by atoms with van der Waals surface area (Å²) in [6.07, 6.45) is 4.65. The maximum absolute atomic E-state index is 12.5. The van der Waals surface area contributed by atoms with Crippen molar-refractivity contribution in [3.05, 3.63) is 45.6 Å². The number of aliphatic imine (C=N–C) groups is 1. The Balaban J connectivity index is 1.90. The van der Waals surface area contributed by atoms with Gasteiger partial charge in [-0.25, -0.2) is 4.79 Å². The van der Waals surface area contributed by atoms with E-state index < -0.39 is 5.60 Å². The van der Waals surface area contributed by atoms with E-state index in [1.54, 1.807) is 0 Å². The number of allylic oxidation sites excluding steroid dienone is 1. The summed E-state index contributed by atoms with van der Waals surface area (Å²) in [6.45, 7) is 10.8. The van der Waals surface area contributed by atoms with Gasteiger partial charge in [-0.3, -0.25) is 9.89 Å². The first-order valence-electron chi connectivity index (χ1n) is 11.0. The third-order valence-corrected chi connectivity index (χ3v) is 6.30. The zero-order chi connectivity index (χ0) is 22.6. The second-order valence-electron chi connectivity index (χ2n) is 9.06. The van der Waals surface area contributed by atoms with Gasteiger partial charge in [0.1, 0.15) is 5.60 Å². The first kappa shape index (κ1) is 24.3. The molecule has 1 aromatic carbocycles. The minimum atomic E-state index is -0.482. The second kappa shape index (κ2) is 10.5. The molecule has 0 radical (unpaired) electrons. The minimum Gasteiger partial charge on any atom is -0.444 e. The van der Waals surface area contributed by atoms with E-state index >= 15 is 0 Å². The summed E-state index contributed by atoms with van der Waals surface area (Å²) in [5, 5.41) is 1.50. The fraction of sp³-hybridized carbons (Fsp3) is 0.583. The number of ether oxygens (including phenoxy) is 1. The van der Waals surface area contributed by atoms with Gasteiger partial charge < -0.3 is 9.64 Å². The van der Waals surface area contributed by atoms with Crippen LogP contribution in [-0.2, 0) is 11.2 Å². The van der Waals surface area contributed by atoms with Gasteiger partial charge in [-0.15, -0.1) is 0 Å². The van der Waals surface area contributed by atoms with Gasteiger partial charge in [0.05, 0.1) is 11.7 Å². The van der Waals surface area contributed by atoms with Crippen LogP contribution in [0, 0.1) is 0 Å². The molecule has 5 nitrogen and oxygen atoms in total. The number of alkyl halides is 1. The van der Waals surface area contributed by atoms with Gasteiger partial charge >= 0.3 is 6.09 Å². The van der Waals surface area contributed by atoms with Crippen molar-refractivity contribution in [2.24, 2.45) is 4.99 Å². The molecule has 1 aliphatic heterocycles. The minimum absolute atomic E-state index is 0.0702. The molecule has 0 aromatic heterocycles. The average molecular weight is 511 g/mol. The molecule has 2 aliphatic rings. The summed E-state index contributed by atoms with van der Waals surface area (Å²) in [5.74, 6) is 0. The lowest BCUT2D eigenvalue weighted by Gasteiger charge is -2.40. The Hall–Kier alpha value is -1.37. The zero-order valence-electron chi connectivity index (χ0n) is 19.0. The Morgan fingerprint density at radius 2 is 1.97 bits per heavy atom. The van der Waals surface area contributed by atoms with Crippen molar-refractivity contribution in [3.8, 4) is 0 Å². The number of rotatable bonds is 4. The number of amides is 1. The van der Waals surface area contributed by atoms with Crippen LogP contribution in [0.3, 0.4) is 0 Å². The number of fused-ring (bicyclic) bond motifs is 1. The van der Waals surface area contributed by atoms with E-state index in [2.05, 4.69) is 39.9 Å². The third-order valence-electron chi connectivity index (χ3n) is 5.77. The summed E-state index contributed by atoms with van der Waals surface area (Å²) < 4.78 is 5.57. The Kier molecular flexibility index (Phi) is 8.22. The van der Waals surface area contributed by atoms with Crippen molar-refractivity contribution in [3.63, 3.8) is 0 Å². The smallest absolute Gasteiger partial charge is 0.410 e. The first-order valence-corrected chi connectivity index (χ1v) is 12.5. The molecule has 0 spiro atoms. The zero-order valence-corrected chi connectivity index (χ0v) is 21.3. The summed E-state index contributed by atoms with van der Waals surface area (Å²) in [5.41, 5.74) is 4.63. The topological polar surface area (TPSA) is 45.1 Å². The normalized spacial score (nSPS) is 20.7. The molecule has 1 saturated heterocycles. The first-order chi connectivity index (χ1) is 14.7. The van der Waals surface area contributed by atoms with Crippen molar-refractivity contribution in [2.75, 3.05) is 31.5 Å². The maximum atomic E-state index is 12.5. The van der Waals surface area contributed by atoms with E-state index in [9.17, 15) is 4.79 Å². The van der Waals surface area contributed by atoms with Crippen LogP contribution in [0.15, 0.2) is 34.5 Å². The Bertz CT molecular complexity index is 855. The predicted molar refractivity (Wildman–Crippen MR) is 131 cm³/mol. The molecule has 0 N–H and O–H groups in total. The summed E-state index contributed by atoms with van der Waals surface area (Å²) in [6, 6.07) is 6.31. The van der Waals surface area contributed by atoms with Crippen LogP contribution >= 0.6 is 27.5 Å². The summed E-state index contributed by atoms with van der Waals surface area (Å²) in [7, 11) is 0. The number of carbonyl (C=O) groups excluding carboxylic acids is 1. The summed E-state index contributed by atoms with van der Waals surface area (Å²) >= 11 is 9.82. The van der Waals surface area contributed by atoms with Crippen LogP contribution in [0.4, 0.5) is 4.79 Å². The highest BCUT2D eigenvalue weighted by Gasteiger charge is 2.34. The van der Waals surface area contributed by atoms with Crippen LogP contribution in [0.25, 0.3) is 0 Å². The Labute approximate surface area is 199 Å². The highest BCUT2D eigenvalue weighted by atomic mass is 79.9. The number of hydrogen-bond acceptors (Lipinski definition) is 4. The molecule has 31 heavy (non-hydrogen) atoms. The molecule has 1 atom stereocenters. The van der Waals surface area contributed by atoms with E-state index in [0.29, 0.717) is 13.1 Å². The van der Waals surface area contributed by atoms with Crippen molar-refractivity contribution in [2.45, 2.75) is 58.6 Å². The quantitative estimate of drug-likeness (QED) is 0.368. The number of aryl methyl sites for hydroxylation is 1. The van der Waals surface area contributed by atoms with E-state index in [1.807, 2.05) is 38.0 Å². The van der Waals surface area contributed by atoms with Gasteiger partial charge in [0, 0.05) is 42.7 Å². The van der Waals surface area contributed by atoms with Gasteiger partial charge in [-0.1, -0.05) is 40.5 Å². The van der Waals surface area contributed by atoms with E-state index in [4.69, 9.17) is 21.3 Å². The van der Waals surface area contributed by atoms with Gasteiger partial charge in [0.25, 0.3) is 0 Å². The number of hydrogen-bond donors (Lipinski definition) is 0. The standard InChI is InChI=1S/C24H33BrClN3O2/c1-5-17-6-7-18-16-19(26)8-9-20(18)22(21(17)27-11-10-25)28-12-14-29(15-13-28)23(30)31-24(2,3)4/h8-9,11,16,22H,5-7,10,12-15H2,1-4H3. The van der Waals surface area contributed by atoms with Crippen LogP contribution in [-0.4, -0.2) is 59.2 Å². The molecule has 1 aromatic rings. The van der Waals surface area contributed by atoms with Gasteiger partial charge in [-0.2, -0.15) is 0 Å². The lowest BCUT2D eigenvalue weighted by atomic mass is 9.96. The molecule has 170 valence electrons. The number of piperazine rings is 1. The van der Waals surface area contributed by atoms with Crippen LogP contribution < -0.4 is 0 Å². The molecule has 0 saturated carbocycles. The summed E-state index contributed by atoms with van der Waals surface area (Å²) in [4.78, 5) is 21.7. The largest absolute Gasteiger partial charge is 0.444 e. The molecular formula is C24H33BrClN3O2. The van der Waals surface area contributed by atoms with Crippen molar-refractivity contribution < 1.29 is 9.53 Å². The number of halogens is 2. The fourth-order valence-corrected chi connectivity index (χ4v) is 4.66. The van der Waals surface area contributed by atoms with Crippen LogP contribution in [0.2, 0.25) is 5.02 Å². The molecule has 1 fully saturated rings. The molecule has 3 rings (SSSR count). The van der Waals surface area contributed by atoms with Gasteiger partial charge in [-0.05, 0) is 68.9 Å². The molecule has 7 heteroatoms. The van der Waals surface area contributed by atoms with Crippen LogP contribution in [0.5, 0.6) is 0 Å². The van der Waals surface area contributed by atoms with Crippen molar-refractivity contribution >= 4 is 39.8 Å². The van der Waals surface area contributed by atoms with E-state index in [0.717, 1.165) is 48.4 Å². The maximum Gasteiger partial charge on any atom is 0.410 e.